The number of hydrogen-bond donors (Lipinski definition) is 0. The Labute approximate surface area is 136 Å². The van der Waals surface area contributed by atoms with E-state index in [1.807, 2.05) is 0 Å². The Morgan fingerprint density at radius 1 is 0.700 bits per heavy atom. The second-order valence-corrected chi connectivity index (χ2v) is 10.4. The van der Waals surface area contributed by atoms with Gasteiger partial charge in [-0.1, -0.05) is 0 Å². The molecule has 0 spiro atoms. The number of hydrogen-bond acceptors (Lipinski definition) is 0. The van der Waals surface area contributed by atoms with Crippen LogP contribution >= 0.6 is 6.46 Å². The van der Waals surface area contributed by atoms with Gasteiger partial charge in [0.25, 0.3) is 0 Å². The van der Waals surface area contributed by atoms with Gasteiger partial charge >= 0.3 is 136 Å². The SMILES string of the molecule is CC(C)(C)c1cc(C(C)(C)C)c([P]=[Rh])c(C(C)(C)C)c1. The van der Waals surface area contributed by atoms with Gasteiger partial charge in [0.1, 0.15) is 0 Å². The summed E-state index contributed by atoms with van der Waals surface area (Å²) in [5.74, 6) is 0. The van der Waals surface area contributed by atoms with Crippen molar-refractivity contribution in [1.82, 2.24) is 0 Å². The topological polar surface area (TPSA) is 0 Å². The van der Waals surface area contributed by atoms with Crippen molar-refractivity contribution in [2.24, 2.45) is 0 Å². The maximum absolute atomic E-state index is 3.10. The van der Waals surface area contributed by atoms with Crippen LogP contribution in [0.2, 0.25) is 0 Å². The average Bonchev–Trinajstić information content (AvgIpc) is 2.23. The Morgan fingerprint density at radius 2 is 1.05 bits per heavy atom. The monoisotopic (exact) mass is 379 g/mol. The van der Waals surface area contributed by atoms with Crippen molar-refractivity contribution in [3.8, 4) is 0 Å². The molecule has 1 rings (SSSR count). The molecule has 20 heavy (non-hydrogen) atoms. The molecule has 115 valence electrons. The maximum atomic E-state index is 3.10. The fourth-order valence-corrected chi connectivity index (χ4v) is 4.44. The summed E-state index contributed by atoms with van der Waals surface area (Å²) in [5, 5.41) is 1.48. The van der Waals surface area contributed by atoms with Crippen LogP contribution in [0.5, 0.6) is 0 Å². The second-order valence-electron chi connectivity index (χ2n) is 8.74. The third kappa shape index (κ3) is 4.08. The van der Waals surface area contributed by atoms with Gasteiger partial charge in [-0.15, -0.1) is 0 Å². The molecule has 0 amide bonds. The van der Waals surface area contributed by atoms with Crippen LogP contribution in [0.1, 0.15) is 79.0 Å². The molecule has 0 radical (unpaired) electrons. The molecule has 2 heteroatoms. The minimum atomic E-state index is 0.176. The summed E-state index contributed by atoms with van der Waals surface area (Å²) in [5.41, 5.74) is 4.96. The molecule has 0 aliphatic rings. The van der Waals surface area contributed by atoms with Gasteiger partial charge < -0.3 is 0 Å². The van der Waals surface area contributed by atoms with Crippen LogP contribution in [-0.4, -0.2) is 0 Å². The molecule has 0 fully saturated rings. The van der Waals surface area contributed by atoms with E-state index < -0.39 is 0 Å². The summed E-state index contributed by atoms with van der Waals surface area (Å²) in [7, 11) is 0. The van der Waals surface area contributed by atoms with Gasteiger partial charge in [-0.05, 0) is 0 Å². The zero-order chi connectivity index (χ0) is 15.9. The fourth-order valence-electron chi connectivity index (χ4n) is 2.29. The van der Waals surface area contributed by atoms with Crippen LogP contribution in [-0.2, 0) is 33.6 Å². The molecule has 0 saturated heterocycles. The molecular formula is C18H29PRh. The van der Waals surface area contributed by atoms with E-state index in [2.05, 4.69) is 91.8 Å². The third-order valence-corrected chi connectivity index (χ3v) is 5.40. The molecule has 0 N–H and O–H groups in total. The van der Waals surface area contributed by atoms with Crippen molar-refractivity contribution in [1.29, 1.82) is 0 Å². The van der Waals surface area contributed by atoms with Gasteiger partial charge in [0, 0.05) is 0 Å². The van der Waals surface area contributed by atoms with Crippen molar-refractivity contribution < 1.29 is 17.3 Å². The van der Waals surface area contributed by atoms with Gasteiger partial charge in [0.2, 0.25) is 0 Å². The first kappa shape index (κ1) is 18.2. The Morgan fingerprint density at radius 3 is 1.25 bits per heavy atom. The molecule has 0 heterocycles. The standard InChI is InChI=1S/C18H29P.Rh/c1-16(2,3)12-10-13(17(4,5)6)15(19)14(11-12)18(7,8)9;/h10-11H,1-9H3;. The van der Waals surface area contributed by atoms with Crippen molar-refractivity contribution >= 4 is 11.8 Å². The summed E-state index contributed by atoms with van der Waals surface area (Å²) < 4.78 is 0. The van der Waals surface area contributed by atoms with Crippen LogP contribution in [0.4, 0.5) is 0 Å². The summed E-state index contributed by atoms with van der Waals surface area (Å²) in [6, 6.07) is 4.86. The van der Waals surface area contributed by atoms with Crippen LogP contribution in [0.3, 0.4) is 0 Å². The van der Waals surface area contributed by atoms with E-state index in [9.17, 15) is 0 Å². The first-order chi connectivity index (χ1) is 8.78. The summed E-state index contributed by atoms with van der Waals surface area (Å²) in [4.78, 5) is 0. The summed E-state index contributed by atoms with van der Waals surface area (Å²) in [6.45, 7) is 22.1. The number of rotatable bonds is 1. The average molecular weight is 379 g/mol. The molecule has 0 atom stereocenters. The van der Waals surface area contributed by atoms with Crippen molar-refractivity contribution in [2.45, 2.75) is 78.6 Å². The van der Waals surface area contributed by atoms with E-state index in [1.165, 1.54) is 28.5 Å². The molecule has 0 bridgehead atoms. The zero-order valence-electron chi connectivity index (χ0n) is 14.4. The first-order valence-corrected chi connectivity index (χ1v) is 10.2. The molecule has 0 aromatic heterocycles. The Kier molecular flexibility index (Phi) is 5.22. The molecule has 1 aromatic carbocycles. The van der Waals surface area contributed by atoms with Gasteiger partial charge in [0.05, 0.1) is 0 Å². The predicted octanol–water partition coefficient (Wildman–Crippen LogP) is 5.61. The van der Waals surface area contributed by atoms with Crippen LogP contribution in [0, 0.1) is 0 Å². The molecule has 0 aliphatic heterocycles. The predicted molar refractivity (Wildman–Crippen MR) is 89.1 cm³/mol. The molecule has 0 nitrogen and oxygen atoms in total. The Balaban J connectivity index is 3.80. The summed E-state index contributed by atoms with van der Waals surface area (Å²) >= 11 is 3.10. The van der Waals surface area contributed by atoms with E-state index in [4.69, 9.17) is 0 Å². The first-order valence-electron chi connectivity index (χ1n) is 7.28. The van der Waals surface area contributed by atoms with E-state index in [0.717, 1.165) is 0 Å². The van der Waals surface area contributed by atoms with E-state index in [0.29, 0.717) is 0 Å². The van der Waals surface area contributed by atoms with Crippen molar-refractivity contribution in [2.75, 3.05) is 0 Å². The molecule has 0 aliphatic carbocycles. The minimum absolute atomic E-state index is 0.176. The Hall–Kier alpha value is 0.143. The van der Waals surface area contributed by atoms with Crippen LogP contribution in [0.15, 0.2) is 12.1 Å². The fraction of sp³-hybridized carbons (Fsp3) is 0.667. The normalized spacial score (nSPS) is 13.9. The second kappa shape index (κ2) is 5.74. The van der Waals surface area contributed by atoms with E-state index in [1.54, 1.807) is 0 Å². The van der Waals surface area contributed by atoms with Gasteiger partial charge in [0.15, 0.2) is 0 Å². The molecule has 0 unspecified atom stereocenters. The molecule has 1 aromatic rings. The molecular weight excluding hydrogens is 350 g/mol. The number of benzene rings is 1. The Bertz CT molecular complexity index is 473. The van der Waals surface area contributed by atoms with Gasteiger partial charge in [-0.3, -0.25) is 0 Å². The quantitative estimate of drug-likeness (QED) is 0.439. The van der Waals surface area contributed by atoms with Crippen molar-refractivity contribution in [3.63, 3.8) is 0 Å². The zero-order valence-corrected chi connectivity index (χ0v) is 17.0. The van der Waals surface area contributed by atoms with E-state index in [-0.39, 0.29) is 16.2 Å². The van der Waals surface area contributed by atoms with Crippen molar-refractivity contribution in [3.05, 3.63) is 28.8 Å². The van der Waals surface area contributed by atoms with Crippen LogP contribution in [0.25, 0.3) is 0 Å². The van der Waals surface area contributed by atoms with Gasteiger partial charge in [-0.2, -0.15) is 0 Å². The molecule has 0 saturated carbocycles. The third-order valence-electron chi connectivity index (χ3n) is 3.67. The van der Waals surface area contributed by atoms with Crippen LogP contribution < -0.4 is 5.30 Å². The van der Waals surface area contributed by atoms with E-state index >= 15 is 0 Å². The van der Waals surface area contributed by atoms with Gasteiger partial charge in [-0.25, -0.2) is 0 Å². The summed E-state index contributed by atoms with van der Waals surface area (Å²) in [6.07, 6.45) is 0.